The van der Waals surface area contributed by atoms with Crippen molar-refractivity contribution in [2.75, 3.05) is 13.8 Å². The lowest BCUT2D eigenvalue weighted by Crippen LogP contribution is -2.38. The minimum atomic E-state index is -0.156. The molecule has 23 heavy (non-hydrogen) atoms. The average Bonchev–Trinajstić information content (AvgIpc) is 2.55. The van der Waals surface area contributed by atoms with E-state index in [1.165, 1.54) is 5.56 Å². The Hall–Kier alpha value is -2.49. The van der Waals surface area contributed by atoms with Crippen LogP contribution >= 0.6 is 0 Å². The van der Waals surface area contributed by atoms with Gasteiger partial charge in [-0.3, -0.25) is 0 Å². The first kappa shape index (κ1) is 16.9. The number of amides is 2. The van der Waals surface area contributed by atoms with Gasteiger partial charge in [0.2, 0.25) is 0 Å². The Morgan fingerprint density at radius 3 is 2.39 bits per heavy atom. The van der Waals surface area contributed by atoms with Crippen LogP contribution in [0.25, 0.3) is 0 Å². The number of hydrogen-bond donors (Lipinski definition) is 1. The zero-order valence-electron chi connectivity index (χ0n) is 14.2. The molecule has 0 fully saturated rings. The normalized spacial score (nSPS) is 10.3. The number of aryl methyl sites for hydroxylation is 2. The number of urea groups is 1. The summed E-state index contributed by atoms with van der Waals surface area (Å²) in [5.74, 6) is 0.844. The lowest BCUT2D eigenvalue weighted by atomic mass is 10.1. The van der Waals surface area contributed by atoms with E-state index in [1.54, 1.807) is 11.9 Å². The molecule has 0 atom stereocenters. The molecule has 2 amide bonds. The summed E-state index contributed by atoms with van der Waals surface area (Å²) in [6.07, 6.45) is 0. The Bertz CT molecular complexity index is 669. The van der Waals surface area contributed by atoms with Crippen molar-refractivity contribution in [3.8, 4) is 5.75 Å². The predicted octanol–water partition coefficient (Wildman–Crippen LogP) is 3.79. The molecular weight excluding hydrogens is 288 g/mol. The van der Waals surface area contributed by atoms with E-state index in [-0.39, 0.29) is 12.8 Å². The maximum atomic E-state index is 12.1. The molecule has 2 aromatic rings. The van der Waals surface area contributed by atoms with Gasteiger partial charge >= 0.3 is 6.03 Å². The Labute approximate surface area is 138 Å². The molecule has 0 radical (unpaired) electrons. The van der Waals surface area contributed by atoms with Crippen LogP contribution < -0.4 is 10.1 Å². The van der Waals surface area contributed by atoms with E-state index in [0.717, 1.165) is 22.4 Å². The molecule has 0 aromatic heterocycles. The Kier molecular flexibility index (Phi) is 5.63. The number of ether oxygens (including phenoxy) is 1. The summed E-state index contributed by atoms with van der Waals surface area (Å²) in [5, 5.41) is 2.79. The summed E-state index contributed by atoms with van der Waals surface area (Å²) in [5.41, 5.74) is 4.45. The van der Waals surface area contributed by atoms with Crippen LogP contribution in [-0.2, 0) is 6.54 Å². The molecule has 2 aromatic carbocycles. The lowest BCUT2D eigenvalue weighted by Gasteiger charge is -2.19. The highest BCUT2D eigenvalue weighted by atomic mass is 16.5. The summed E-state index contributed by atoms with van der Waals surface area (Å²) >= 11 is 0. The first-order valence-corrected chi connectivity index (χ1v) is 7.71. The Morgan fingerprint density at radius 2 is 1.70 bits per heavy atom. The second-order valence-electron chi connectivity index (χ2n) is 5.77. The average molecular weight is 312 g/mol. The molecule has 122 valence electrons. The highest BCUT2D eigenvalue weighted by molar-refractivity contribution is 5.73. The van der Waals surface area contributed by atoms with Crippen LogP contribution in [0.2, 0.25) is 0 Å². The van der Waals surface area contributed by atoms with Crippen LogP contribution in [0.15, 0.2) is 42.5 Å². The third-order valence-electron chi connectivity index (χ3n) is 3.92. The van der Waals surface area contributed by atoms with Gasteiger partial charge in [0, 0.05) is 13.6 Å². The maximum Gasteiger partial charge on any atom is 0.320 e. The maximum absolute atomic E-state index is 12.1. The van der Waals surface area contributed by atoms with Crippen molar-refractivity contribution in [2.24, 2.45) is 0 Å². The largest absolute Gasteiger partial charge is 0.473 e. The van der Waals surface area contributed by atoms with Gasteiger partial charge < -0.3 is 15.0 Å². The second-order valence-corrected chi connectivity index (χ2v) is 5.77. The van der Waals surface area contributed by atoms with Gasteiger partial charge in [-0.05, 0) is 43.0 Å². The number of carbonyl (C=O) groups is 1. The van der Waals surface area contributed by atoms with E-state index < -0.39 is 0 Å². The number of hydrogen-bond acceptors (Lipinski definition) is 2. The van der Waals surface area contributed by atoms with E-state index >= 15 is 0 Å². The van der Waals surface area contributed by atoms with E-state index in [1.807, 2.05) is 57.2 Å². The molecule has 0 bridgehead atoms. The van der Waals surface area contributed by atoms with Gasteiger partial charge in [0.1, 0.15) is 5.75 Å². The van der Waals surface area contributed by atoms with Gasteiger partial charge in [-0.2, -0.15) is 0 Å². The van der Waals surface area contributed by atoms with Crippen molar-refractivity contribution < 1.29 is 9.53 Å². The van der Waals surface area contributed by atoms with Crippen molar-refractivity contribution in [2.45, 2.75) is 27.3 Å². The van der Waals surface area contributed by atoms with Crippen molar-refractivity contribution >= 4 is 6.03 Å². The summed E-state index contributed by atoms with van der Waals surface area (Å²) in [6, 6.07) is 13.8. The topological polar surface area (TPSA) is 41.6 Å². The van der Waals surface area contributed by atoms with Crippen molar-refractivity contribution in [1.29, 1.82) is 0 Å². The molecular formula is C19H24N2O2. The number of rotatable bonds is 5. The molecule has 0 aliphatic rings. The van der Waals surface area contributed by atoms with E-state index in [0.29, 0.717) is 6.54 Å². The molecule has 0 spiro atoms. The van der Waals surface area contributed by atoms with Gasteiger partial charge in [0.15, 0.2) is 6.73 Å². The Morgan fingerprint density at radius 1 is 1.04 bits per heavy atom. The first-order chi connectivity index (χ1) is 11.0. The Balaban J connectivity index is 1.86. The van der Waals surface area contributed by atoms with Crippen LogP contribution in [-0.4, -0.2) is 24.7 Å². The summed E-state index contributed by atoms with van der Waals surface area (Å²) in [4.78, 5) is 13.7. The highest BCUT2D eigenvalue weighted by Crippen LogP contribution is 2.25. The van der Waals surface area contributed by atoms with Gasteiger partial charge in [-0.25, -0.2) is 4.79 Å². The van der Waals surface area contributed by atoms with Crippen molar-refractivity contribution in [1.82, 2.24) is 10.2 Å². The number of benzene rings is 2. The smallest absolute Gasteiger partial charge is 0.320 e. The van der Waals surface area contributed by atoms with Crippen molar-refractivity contribution in [3.05, 3.63) is 64.7 Å². The van der Waals surface area contributed by atoms with E-state index in [4.69, 9.17) is 4.74 Å². The number of carbonyl (C=O) groups excluding carboxylic acids is 1. The van der Waals surface area contributed by atoms with Crippen LogP contribution in [0, 0.1) is 20.8 Å². The highest BCUT2D eigenvalue weighted by Gasteiger charge is 2.10. The fourth-order valence-electron chi connectivity index (χ4n) is 2.38. The molecule has 0 heterocycles. The van der Waals surface area contributed by atoms with Crippen molar-refractivity contribution in [3.63, 3.8) is 0 Å². The minimum absolute atomic E-state index is 0.156. The third-order valence-corrected chi connectivity index (χ3v) is 3.92. The zero-order chi connectivity index (χ0) is 16.8. The fourth-order valence-corrected chi connectivity index (χ4v) is 2.38. The van der Waals surface area contributed by atoms with Gasteiger partial charge in [0.25, 0.3) is 0 Å². The minimum Gasteiger partial charge on any atom is -0.473 e. The van der Waals surface area contributed by atoms with Gasteiger partial charge in [-0.15, -0.1) is 0 Å². The summed E-state index contributed by atoms with van der Waals surface area (Å²) < 4.78 is 5.76. The quantitative estimate of drug-likeness (QED) is 0.854. The third kappa shape index (κ3) is 4.49. The molecule has 0 saturated heterocycles. The summed E-state index contributed by atoms with van der Waals surface area (Å²) in [7, 11) is 1.77. The molecule has 2 rings (SSSR count). The summed E-state index contributed by atoms with van der Waals surface area (Å²) in [6.45, 7) is 6.80. The number of nitrogens with one attached hydrogen (secondary N) is 1. The molecule has 0 unspecified atom stereocenters. The molecule has 0 saturated carbocycles. The van der Waals surface area contributed by atoms with Crippen LogP contribution in [0.3, 0.4) is 0 Å². The van der Waals surface area contributed by atoms with Crippen LogP contribution in [0.4, 0.5) is 4.79 Å². The molecule has 0 aliphatic heterocycles. The van der Waals surface area contributed by atoms with E-state index in [2.05, 4.69) is 11.4 Å². The van der Waals surface area contributed by atoms with E-state index in [9.17, 15) is 4.79 Å². The fraction of sp³-hybridized carbons (Fsp3) is 0.316. The van der Waals surface area contributed by atoms with Gasteiger partial charge in [-0.1, -0.05) is 42.5 Å². The zero-order valence-corrected chi connectivity index (χ0v) is 14.2. The standard InChI is InChI=1S/C19H24N2O2/c1-14-10-11-15(2)18(16(14)3)23-13-20-19(22)21(4)12-17-8-6-5-7-9-17/h5-11H,12-13H2,1-4H3,(H,20,22). The lowest BCUT2D eigenvalue weighted by molar-refractivity contribution is 0.192. The monoisotopic (exact) mass is 312 g/mol. The van der Waals surface area contributed by atoms with Crippen LogP contribution in [0.1, 0.15) is 22.3 Å². The molecule has 0 aliphatic carbocycles. The first-order valence-electron chi connectivity index (χ1n) is 7.71. The molecule has 1 N–H and O–H groups in total. The van der Waals surface area contributed by atoms with Gasteiger partial charge in [0.05, 0.1) is 0 Å². The van der Waals surface area contributed by atoms with Crippen LogP contribution in [0.5, 0.6) is 5.75 Å². The molecule has 4 heteroatoms. The number of nitrogens with zero attached hydrogens (tertiary/aromatic N) is 1. The second kappa shape index (κ2) is 7.68. The molecule has 4 nitrogen and oxygen atoms in total. The SMILES string of the molecule is Cc1ccc(C)c(OCNC(=O)N(C)Cc2ccccc2)c1C. The predicted molar refractivity (Wildman–Crippen MR) is 92.6 cm³/mol.